The Morgan fingerprint density at radius 3 is 2.52 bits per heavy atom. The largest absolute Gasteiger partial charge is 0.464 e. The summed E-state index contributed by atoms with van der Waals surface area (Å²) in [5.41, 5.74) is 1.57. The molecule has 0 spiro atoms. The molecule has 0 radical (unpaired) electrons. The van der Waals surface area contributed by atoms with Crippen molar-refractivity contribution in [3.05, 3.63) is 53.1 Å². The minimum absolute atomic E-state index is 0.00937. The normalized spacial score (nSPS) is 24.4. The molecule has 1 aliphatic carbocycles. The zero-order valence-electron chi connectivity index (χ0n) is 18.4. The first-order valence-corrected chi connectivity index (χ1v) is 11.6. The SMILES string of the molecule is CCCC1CCC(C2OCc3cc(-c4ccc(C(O)CC)c(F)c4F)ccc3O2)CC1. The van der Waals surface area contributed by atoms with E-state index in [1.165, 1.54) is 37.8 Å². The molecule has 1 heterocycles. The summed E-state index contributed by atoms with van der Waals surface area (Å²) < 4.78 is 41.4. The van der Waals surface area contributed by atoms with Crippen LogP contribution in [-0.4, -0.2) is 11.4 Å². The standard InChI is InChI=1S/C26H32F2O3/c1-3-5-16-6-8-17(9-7-16)26-30-15-19-14-18(10-13-23(19)31-26)20-11-12-21(22(29)4-2)25(28)24(20)27/h10-14,16-17,22,26,29H,3-9,15H2,1-2H3. The van der Waals surface area contributed by atoms with E-state index >= 15 is 0 Å². The van der Waals surface area contributed by atoms with E-state index in [0.29, 0.717) is 24.5 Å². The second-order valence-electron chi connectivity index (χ2n) is 8.94. The van der Waals surface area contributed by atoms with E-state index in [1.807, 2.05) is 6.07 Å². The number of hydrogen-bond acceptors (Lipinski definition) is 3. The van der Waals surface area contributed by atoms with E-state index in [-0.39, 0.29) is 17.4 Å². The van der Waals surface area contributed by atoms with Crippen molar-refractivity contribution in [3.8, 4) is 16.9 Å². The van der Waals surface area contributed by atoms with Gasteiger partial charge in [0.1, 0.15) is 5.75 Å². The molecular weight excluding hydrogens is 398 g/mol. The van der Waals surface area contributed by atoms with Gasteiger partial charge in [-0.15, -0.1) is 0 Å². The molecule has 2 unspecified atom stereocenters. The van der Waals surface area contributed by atoms with Crippen molar-refractivity contribution in [1.29, 1.82) is 0 Å². The van der Waals surface area contributed by atoms with Gasteiger partial charge in [-0.3, -0.25) is 0 Å². The van der Waals surface area contributed by atoms with Crippen molar-refractivity contribution in [3.63, 3.8) is 0 Å². The first-order chi connectivity index (χ1) is 15.0. The number of aliphatic hydroxyl groups excluding tert-OH is 1. The van der Waals surface area contributed by atoms with Gasteiger partial charge >= 0.3 is 0 Å². The quantitative estimate of drug-likeness (QED) is 0.541. The maximum atomic E-state index is 14.7. The number of rotatable bonds is 6. The smallest absolute Gasteiger partial charge is 0.203 e. The Hall–Kier alpha value is -1.98. The molecule has 0 amide bonds. The summed E-state index contributed by atoms with van der Waals surface area (Å²) in [6.07, 6.45) is 6.36. The molecule has 3 nitrogen and oxygen atoms in total. The monoisotopic (exact) mass is 430 g/mol. The second kappa shape index (κ2) is 9.66. The number of halogens is 2. The topological polar surface area (TPSA) is 38.7 Å². The van der Waals surface area contributed by atoms with E-state index in [0.717, 1.165) is 30.1 Å². The zero-order chi connectivity index (χ0) is 22.0. The number of fused-ring (bicyclic) bond motifs is 1. The molecule has 1 saturated carbocycles. The third-order valence-corrected chi connectivity index (χ3v) is 6.85. The highest BCUT2D eigenvalue weighted by Gasteiger charge is 2.32. The molecule has 31 heavy (non-hydrogen) atoms. The van der Waals surface area contributed by atoms with Crippen molar-refractivity contribution >= 4 is 0 Å². The fraction of sp³-hybridized carbons (Fsp3) is 0.538. The van der Waals surface area contributed by atoms with Crippen molar-refractivity contribution in [2.45, 2.75) is 77.8 Å². The van der Waals surface area contributed by atoms with Gasteiger partial charge in [-0.05, 0) is 55.7 Å². The van der Waals surface area contributed by atoms with E-state index in [2.05, 4.69) is 6.92 Å². The lowest BCUT2D eigenvalue weighted by atomic mass is 9.79. The van der Waals surface area contributed by atoms with Gasteiger partial charge in [0.2, 0.25) is 6.29 Å². The molecule has 2 aliphatic rings. The molecular formula is C26H32F2O3. The number of ether oxygens (including phenoxy) is 2. The predicted octanol–water partition coefficient (Wildman–Crippen LogP) is 6.92. The van der Waals surface area contributed by atoms with Crippen LogP contribution in [0.2, 0.25) is 0 Å². The highest BCUT2D eigenvalue weighted by atomic mass is 19.2. The summed E-state index contributed by atoms with van der Waals surface area (Å²) in [5, 5.41) is 9.89. The molecule has 168 valence electrons. The molecule has 5 heteroatoms. The van der Waals surface area contributed by atoms with Gasteiger partial charge < -0.3 is 14.6 Å². The first kappa shape index (κ1) is 22.2. The van der Waals surface area contributed by atoms with Gasteiger partial charge in [0.25, 0.3) is 0 Å². The van der Waals surface area contributed by atoms with Crippen LogP contribution in [0.15, 0.2) is 30.3 Å². The maximum Gasteiger partial charge on any atom is 0.203 e. The molecule has 2 aromatic rings. The molecule has 2 atom stereocenters. The van der Waals surface area contributed by atoms with Crippen molar-refractivity contribution < 1.29 is 23.4 Å². The van der Waals surface area contributed by atoms with Crippen LogP contribution in [0.25, 0.3) is 11.1 Å². The van der Waals surface area contributed by atoms with Gasteiger partial charge in [0.15, 0.2) is 11.6 Å². The fourth-order valence-corrected chi connectivity index (χ4v) is 4.96. The Labute approximate surface area is 183 Å². The first-order valence-electron chi connectivity index (χ1n) is 11.6. The molecule has 4 rings (SSSR count). The van der Waals surface area contributed by atoms with Gasteiger partial charge in [-0.1, -0.05) is 44.9 Å². The zero-order valence-corrected chi connectivity index (χ0v) is 18.4. The van der Waals surface area contributed by atoms with Crippen LogP contribution in [0, 0.1) is 23.5 Å². The van der Waals surface area contributed by atoms with Gasteiger partial charge in [-0.25, -0.2) is 8.78 Å². The van der Waals surface area contributed by atoms with Crippen molar-refractivity contribution in [1.82, 2.24) is 0 Å². The summed E-state index contributed by atoms with van der Waals surface area (Å²) in [4.78, 5) is 0. The molecule has 2 aromatic carbocycles. The van der Waals surface area contributed by atoms with E-state index in [4.69, 9.17) is 9.47 Å². The molecule has 1 fully saturated rings. The van der Waals surface area contributed by atoms with Crippen LogP contribution < -0.4 is 4.74 Å². The molecule has 1 aliphatic heterocycles. The minimum atomic E-state index is -1.01. The Balaban J connectivity index is 1.48. The highest BCUT2D eigenvalue weighted by molar-refractivity contribution is 5.67. The molecule has 0 saturated heterocycles. The van der Waals surface area contributed by atoms with Crippen molar-refractivity contribution in [2.75, 3.05) is 0 Å². The van der Waals surface area contributed by atoms with Crippen LogP contribution in [0.4, 0.5) is 8.78 Å². The lowest BCUT2D eigenvalue weighted by Crippen LogP contribution is -2.35. The summed E-state index contributed by atoms with van der Waals surface area (Å²) in [6.45, 7) is 4.37. The summed E-state index contributed by atoms with van der Waals surface area (Å²) in [6, 6.07) is 8.37. The lowest BCUT2D eigenvalue weighted by Gasteiger charge is -2.36. The Kier molecular flexibility index (Phi) is 6.92. The average Bonchev–Trinajstić information content (AvgIpc) is 2.80. The van der Waals surface area contributed by atoms with Crippen LogP contribution in [0.3, 0.4) is 0 Å². The third kappa shape index (κ3) is 4.63. The van der Waals surface area contributed by atoms with Gasteiger partial charge in [0, 0.05) is 22.6 Å². The van der Waals surface area contributed by atoms with Crippen LogP contribution in [-0.2, 0) is 11.3 Å². The maximum absolute atomic E-state index is 14.7. The Morgan fingerprint density at radius 1 is 1.03 bits per heavy atom. The van der Waals surface area contributed by atoms with E-state index in [1.54, 1.807) is 19.1 Å². The minimum Gasteiger partial charge on any atom is -0.464 e. The van der Waals surface area contributed by atoms with E-state index in [9.17, 15) is 13.9 Å². The second-order valence-corrected chi connectivity index (χ2v) is 8.94. The van der Waals surface area contributed by atoms with E-state index < -0.39 is 17.7 Å². The summed E-state index contributed by atoms with van der Waals surface area (Å²) in [7, 11) is 0. The third-order valence-electron chi connectivity index (χ3n) is 6.85. The lowest BCUT2D eigenvalue weighted by molar-refractivity contribution is -0.148. The van der Waals surface area contributed by atoms with Crippen LogP contribution in [0.1, 0.15) is 76.0 Å². The number of benzene rings is 2. The predicted molar refractivity (Wildman–Crippen MR) is 117 cm³/mol. The fourth-order valence-electron chi connectivity index (χ4n) is 4.96. The van der Waals surface area contributed by atoms with Crippen molar-refractivity contribution in [2.24, 2.45) is 11.8 Å². The Morgan fingerprint density at radius 2 is 1.81 bits per heavy atom. The molecule has 1 N–H and O–H groups in total. The number of hydrogen-bond donors (Lipinski definition) is 1. The molecule has 0 aromatic heterocycles. The highest BCUT2D eigenvalue weighted by Crippen LogP contribution is 2.39. The molecule has 0 bridgehead atoms. The summed E-state index contributed by atoms with van der Waals surface area (Å²) >= 11 is 0. The van der Waals surface area contributed by atoms with Crippen LogP contribution in [0.5, 0.6) is 5.75 Å². The number of aliphatic hydroxyl groups is 1. The Bertz CT molecular complexity index is 906. The summed E-state index contributed by atoms with van der Waals surface area (Å²) in [5.74, 6) is 0.0690. The van der Waals surface area contributed by atoms with Gasteiger partial charge in [0.05, 0.1) is 12.7 Å². The van der Waals surface area contributed by atoms with Gasteiger partial charge in [-0.2, -0.15) is 0 Å². The average molecular weight is 431 g/mol. The van der Waals surface area contributed by atoms with Crippen LogP contribution >= 0.6 is 0 Å².